The van der Waals surface area contributed by atoms with Crippen molar-refractivity contribution in [2.75, 3.05) is 5.32 Å². The highest BCUT2D eigenvalue weighted by Gasteiger charge is 2.26. The first-order valence-corrected chi connectivity index (χ1v) is 10.3. The molecule has 0 saturated heterocycles. The molecule has 3 heterocycles. The first-order chi connectivity index (χ1) is 14.0. The molecular formula is C20H25N7O2. The van der Waals surface area contributed by atoms with E-state index in [2.05, 4.69) is 20.5 Å². The minimum atomic E-state index is -0.104. The Morgan fingerprint density at radius 3 is 2.66 bits per heavy atom. The predicted molar refractivity (Wildman–Crippen MR) is 109 cm³/mol. The minimum absolute atomic E-state index is 0.0201. The Bertz CT molecular complexity index is 1200. The first kappa shape index (κ1) is 18.1. The van der Waals surface area contributed by atoms with Crippen LogP contribution >= 0.6 is 0 Å². The molecule has 3 aromatic heterocycles. The van der Waals surface area contributed by atoms with Crippen LogP contribution in [0, 0.1) is 0 Å². The Morgan fingerprint density at radius 2 is 1.86 bits per heavy atom. The number of hydrogen-bond acceptors (Lipinski definition) is 6. The van der Waals surface area contributed by atoms with Gasteiger partial charge in [-0.15, -0.1) is 0 Å². The van der Waals surface area contributed by atoms with Gasteiger partial charge in [0.05, 0.1) is 11.7 Å². The van der Waals surface area contributed by atoms with Crippen LogP contribution in [0.3, 0.4) is 0 Å². The molecule has 3 aromatic rings. The maximum absolute atomic E-state index is 12.6. The summed E-state index contributed by atoms with van der Waals surface area (Å²) in [6, 6.07) is 2.12. The molecule has 0 radical (unpaired) electrons. The summed E-state index contributed by atoms with van der Waals surface area (Å²) in [5.41, 5.74) is 2.59. The third-order valence-electron chi connectivity index (χ3n) is 6.23. The van der Waals surface area contributed by atoms with E-state index in [9.17, 15) is 9.59 Å². The predicted octanol–water partition coefficient (Wildman–Crippen LogP) is 1.31. The van der Waals surface area contributed by atoms with Gasteiger partial charge in [-0.05, 0) is 50.5 Å². The van der Waals surface area contributed by atoms with Crippen LogP contribution in [0.15, 0.2) is 21.9 Å². The fourth-order valence-electron chi connectivity index (χ4n) is 4.62. The first-order valence-electron chi connectivity index (χ1n) is 10.3. The summed E-state index contributed by atoms with van der Waals surface area (Å²) >= 11 is 0. The lowest BCUT2D eigenvalue weighted by Crippen LogP contribution is -2.35. The number of fused-ring (bicyclic) bond motifs is 2. The van der Waals surface area contributed by atoms with Gasteiger partial charge >= 0.3 is 0 Å². The zero-order valence-electron chi connectivity index (χ0n) is 16.8. The van der Waals surface area contributed by atoms with Crippen LogP contribution in [-0.2, 0) is 26.9 Å². The van der Waals surface area contributed by atoms with Crippen molar-refractivity contribution in [3.63, 3.8) is 0 Å². The zero-order chi connectivity index (χ0) is 20.1. The van der Waals surface area contributed by atoms with Gasteiger partial charge in [-0.25, -0.2) is 4.68 Å². The third-order valence-corrected chi connectivity index (χ3v) is 6.23. The monoisotopic (exact) mass is 395 g/mol. The number of nitrogens with zero attached hydrogens (tertiary/aromatic N) is 6. The lowest BCUT2D eigenvalue weighted by molar-refractivity contribution is 0.301. The lowest BCUT2D eigenvalue weighted by atomic mass is 9.91. The van der Waals surface area contributed by atoms with Crippen LogP contribution in [0.4, 0.5) is 5.95 Å². The van der Waals surface area contributed by atoms with E-state index in [1.165, 1.54) is 0 Å². The second-order valence-electron chi connectivity index (χ2n) is 8.24. The van der Waals surface area contributed by atoms with E-state index >= 15 is 0 Å². The van der Waals surface area contributed by atoms with E-state index in [0.717, 1.165) is 56.2 Å². The van der Waals surface area contributed by atoms with Gasteiger partial charge in [0.2, 0.25) is 5.95 Å². The van der Waals surface area contributed by atoms with Crippen LogP contribution in [0.25, 0.3) is 11.0 Å². The van der Waals surface area contributed by atoms with Crippen molar-refractivity contribution in [2.45, 2.75) is 57.0 Å². The van der Waals surface area contributed by atoms with Gasteiger partial charge in [-0.3, -0.25) is 18.8 Å². The average Bonchev–Trinajstić information content (AvgIpc) is 3.31. The topological polar surface area (TPSA) is 99.6 Å². The summed E-state index contributed by atoms with van der Waals surface area (Å²) in [6.07, 6.45) is 8.28. The van der Waals surface area contributed by atoms with Crippen LogP contribution in [0.5, 0.6) is 0 Å². The van der Waals surface area contributed by atoms with Gasteiger partial charge in [-0.2, -0.15) is 15.2 Å². The number of aromatic nitrogens is 6. The number of rotatable bonds is 3. The SMILES string of the molecule is Cn1cc2c(=O)n(C)c(NC3CCC(n4nc5c(cc4=O)CCC5)CC3)nc2n1. The van der Waals surface area contributed by atoms with Crippen molar-refractivity contribution in [1.29, 1.82) is 0 Å². The molecule has 1 fully saturated rings. The third kappa shape index (κ3) is 3.14. The Hall–Kier alpha value is -2.97. The molecule has 29 heavy (non-hydrogen) atoms. The maximum Gasteiger partial charge on any atom is 0.267 e. The highest BCUT2D eigenvalue weighted by molar-refractivity contribution is 5.74. The lowest BCUT2D eigenvalue weighted by Gasteiger charge is -2.30. The fourth-order valence-corrected chi connectivity index (χ4v) is 4.62. The Labute approximate surface area is 167 Å². The second kappa shape index (κ2) is 6.82. The summed E-state index contributed by atoms with van der Waals surface area (Å²) in [5, 5.41) is 12.9. The second-order valence-corrected chi connectivity index (χ2v) is 8.24. The molecule has 5 rings (SSSR count). The molecule has 9 heteroatoms. The standard InChI is InChI=1S/C20H25N7O2/c1-25-11-15-18(24-25)22-20(26(2)19(15)29)21-13-6-8-14(9-7-13)27-17(28)10-12-4-3-5-16(12)23-27/h10-11,13-14H,3-9H2,1-2H3,(H,21,22,24). The number of hydrogen-bond donors (Lipinski definition) is 1. The van der Waals surface area contributed by atoms with Crippen LogP contribution in [0.2, 0.25) is 0 Å². The molecule has 0 atom stereocenters. The van der Waals surface area contributed by atoms with Crippen molar-refractivity contribution in [1.82, 2.24) is 29.1 Å². The van der Waals surface area contributed by atoms with Crippen molar-refractivity contribution in [3.8, 4) is 0 Å². The summed E-state index contributed by atoms with van der Waals surface area (Å²) in [7, 11) is 3.51. The van der Waals surface area contributed by atoms with Crippen LogP contribution in [0.1, 0.15) is 49.4 Å². The van der Waals surface area contributed by atoms with Crippen molar-refractivity contribution in [3.05, 3.63) is 44.2 Å². The molecule has 1 N–H and O–H groups in total. The van der Waals surface area contributed by atoms with E-state index in [4.69, 9.17) is 0 Å². The van der Waals surface area contributed by atoms with Crippen molar-refractivity contribution >= 4 is 17.0 Å². The maximum atomic E-state index is 12.6. The quantitative estimate of drug-likeness (QED) is 0.718. The molecule has 152 valence electrons. The summed E-state index contributed by atoms with van der Waals surface area (Å²) < 4.78 is 4.85. The number of anilines is 1. The van der Waals surface area contributed by atoms with E-state index < -0.39 is 0 Å². The number of aryl methyl sites for hydroxylation is 3. The molecule has 0 spiro atoms. The average molecular weight is 395 g/mol. The van der Waals surface area contributed by atoms with Crippen LogP contribution < -0.4 is 16.4 Å². The van der Waals surface area contributed by atoms with Gasteiger partial charge in [0, 0.05) is 32.4 Å². The molecule has 0 aromatic carbocycles. The molecule has 2 aliphatic rings. The molecule has 0 unspecified atom stereocenters. The van der Waals surface area contributed by atoms with Crippen LogP contribution in [-0.4, -0.2) is 35.2 Å². The molecule has 0 aliphatic heterocycles. The largest absolute Gasteiger partial charge is 0.353 e. The van der Waals surface area contributed by atoms with Crippen molar-refractivity contribution < 1.29 is 0 Å². The van der Waals surface area contributed by atoms with Gasteiger partial charge < -0.3 is 5.32 Å². The minimum Gasteiger partial charge on any atom is -0.353 e. The molecule has 9 nitrogen and oxygen atoms in total. The molecular weight excluding hydrogens is 370 g/mol. The number of nitrogens with one attached hydrogen (secondary N) is 1. The molecule has 0 bridgehead atoms. The molecule has 2 aliphatic carbocycles. The van der Waals surface area contributed by atoms with E-state index in [1.807, 2.05) is 0 Å². The Morgan fingerprint density at radius 1 is 1.07 bits per heavy atom. The van der Waals surface area contributed by atoms with E-state index in [1.54, 1.807) is 40.3 Å². The Balaban J connectivity index is 1.32. The van der Waals surface area contributed by atoms with E-state index in [0.29, 0.717) is 17.0 Å². The molecule has 1 saturated carbocycles. The summed E-state index contributed by atoms with van der Waals surface area (Å²) in [5.74, 6) is 0.539. The van der Waals surface area contributed by atoms with Crippen molar-refractivity contribution in [2.24, 2.45) is 14.1 Å². The van der Waals surface area contributed by atoms with E-state index in [-0.39, 0.29) is 23.2 Å². The zero-order valence-corrected chi connectivity index (χ0v) is 16.8. The molecule has 0 amide bonds. The fraction of sp³-hybridized carbons (Fsp3) is 0.550. The Kier molecular flexibility index (Phi) is 4.25. The summed E-state index contributed by atoms with van der Waals surface area (Å²) in [4.78, 5) is 29.6. The normalized spacial score (nSPS) is 21.4. The highest BCUT2D eigenvalue weighted by Crippen LogP contribution is 2.29. The van der Waals surface area contributed by atoms with Gasteiger partial charge in [0.1, 0.15) is 5.39 Å². The summed E-state index contributed by atoms with van der Waals surface area (Å²) in [6.45, 7) is 0. The van der Waals surface area contributed by atoms with Gasteiger partial charge in [0.15, 0.2) is 5.65 Å². The highest BCUT2D eigenvalue weighted by atomic mass is 16.1. The smallest absolute Gasteiger partial charge is 0.267 e. The van der Waals surface area contributed by atoms with Gasteiger partial charge in [0.25, 0.3) is 11.1 Å². The van der Waals surface area contributed by atoms with Gasteiger partial charge in [-0.1, -0.05) is 0 Å².